The van der Waals surface area contributed by atoms with Gasteiger partial charge in [0, 0.05) is 18.4 Å². The molecule has 1 atom stereocenters. The molecule has 2 aromatic rings. The van der Waals surface area contributed by atoms with Gasteiger partial charge in [-0.25, -0.2) is 9.97 Å². The lowest BCUT2D eigenvalue weighted by Crippen LogP contribution is -2.17. The van der Waals surface area contributed by atoms with Crippen LogP contribution in [0.2, 0.25) is 0 Å². The molecule has 2 N–H and O–H groups in total. The Morgan fingerprint density at radius 3 is 2.56 bits per heavy atom. The van der Waals surface area contributed by atoms with Gasteiger partial charge in [-0.2, -0.15) is 0 Å². The summed E-state index contributed by atoms with van der Waals surface area (Å²) in [4.78, 5) is 9.75. The summed E-state index contributed by atoms with van der Waals surface area (Å²) in [6.07, 6.45) is 4.51. The van der Waals surface area contributed by atoms with Crippen molar-refractivity contribution in [2.45, 2.75) is 19.4 Å². The van der Waals surface area contributed by atoms with Gasteiger partial charge in [0.05, 0.1) is 8.66 Å². The smallest absolute Gasteiger partial charge is 0.169 e. The van der Waals surface area contributed by atoms with E-state index in [0.717, 1.165) is 26.5 Å². The highest BCUT2D eigenvalue weighted by atomic mass is 79.9. The van der Waals surface area contributed by atoms with Crippen molar-refractivity contribution in [1.82, 2.24) is 9.97 Å². The summed E-state index contributed by atoms with van der Waals surface area (Å²) in [6.45, 7) is 1.98. The minimum Gasteiger partial charge on any atom is -0.328 e. The largest absolute Gasteiger partial charge is 0.328 e. The number of nitrogens with two attached hydrogens (primary N) is 1. The van der Waals surface area contributed by atoms with Gasteiger partial charge in [-0.3, -0.25) is 0 Å². The second kappa shape index (κ2) is 5.03. The molecule has 0 aliphatic heterocycles. The first kappa shape index (κ1) is 11.7. The van der Waals surface area contributed by atoms with E-state index >= 15 is 0 Å². The Morgan fingerprint density at radius 1 is 1.38 bits per heavy atom. The summed E-state index contributed by atoms with van der Waals surface area (Å²) in [5.41, 5.74) is 6.80. The SMILES string of the molecule is CC(N)Cc1cnc(-c2ccc(Br)s2)nc1. The van der Waals surface area contributed by atoms with Gasteiger partial charge in [0.15, 0.2) is 5.82 Å². The molecular formula is C11H12BrN3S. The van der Waals surface area contributed by atoms with Gasteiger partial charge in [-0.15, -0.1) is 11.3 Å². The predicted molar refractivity (Wildman–Crippen MR) is 70.4 cm³/mol. The van der Waals surface area contributed by atoms with E-state index < -0.39 is 0 Å². The van der Waals surface area contributed by atoms with Crippen LogP contribution >= 0.6 is 27.3 Å². The zero-order valence-electron chi connectivity index (χ0n) is 8.85. The van der Waals surface area contributed by atoms with Gasteiger partial charge in [0.2, 0.25) is 0 Å². The highest BCUT2D eigenvalue weighted by Gasteiger charge is 2.05. The van der Waals surface area contributed by atoms with E-state index in [4.69, 9.17) is 5.73 Å². The van der Waals surface area contributed by atoms with Crippen molar-refractivity contribution in [3.8, 4) is 10.7 Å². The zero-order chi connectivity index (χ0) is 11.5. The lowest BCUT2D eigenvalue weighted by atomic mass is 10.1. The molecule has 1 unspecified atom stereocenters. The standard InChI is InChI=1S/C11H12BrN3S/c1-7(13)4-8-5-14-11(15-6-8)9-2-3-10(12)16-9/h2-3,5-7H,4,13H2,1H3. The van der Waals surface area contributed by atoms with Crippen molar-refractivity contribution in [3.05, 3.63) is 33.9 Å². The fourth-order valence-electron chi connectivity index (χ4n) is 1.39. The van der Waals surface area contributed by atoms with Gasteiger partial charge in [0.1, 0.15) is 0 Å². The normalized spacial score (nSPS) is 12.7. The maximum Gasteiger partial charge on any atom is 0.169 e. The highest BCUT2D eigenvalue weighted by Crippen LogP contribution is 2.28. The Bertz CT molecular complexity index is 464. The van der Waals surface area contributed by atoms with E-state index in [9.17, 15) is 0 Å². The monoisotopic (exact) mass is 297 g/mol. The molecule has 5 heteroatoms. The molecule has 0 fully saturated rings. The van der Waals surface area contributed by atoms with Gasteiger partial charge in [0.25, 0.3) is 0 Å². The van der Waals surface area contributed by atoms with Crippen molar-refractivity contribution < 1.29 is 0 Å². The van der Waals surface area contributed by atoms with Crippen LogP contribution in [0.3, 0.4) is 0 Å². The Hall–Kier alpha value is -0.780. The van der Waals surface area contributed by atoms with Crippen LogP contribution in [0, 0.1) is 0 Å². The summed E-state index contributed by atoms with van der Waals surface area (Å²) < 4.78 is 1.09. The van der Waals surface area contributed by atoms with E-state index in [1.807, 2.05) is 31.5 Å². The van der Waals surface area contributed by atoms with Gasteiger partial charge >= 0.3 is 0 Å². The molecule has 2 aromatic heterocycles. The van der Waals surface area contributed by atoms with E-state index in [0.29, 0.717) is 0 Å². The molecule has 16 heavy (non-hydrogen) atoms. The molecule has 0 bridgehead atoms. The van der Waals surface area contributed by atoms with Crippen LogP contribution in [0.15, 0.2) is 28.3 Å². The molecule has 0 saturated carbocycles. The number of rotatable bonds is 3. The van der Waals surface area contributed by atoms with Gasteiger partial charge < -0.3 is 5.73 Å². The van der Waals surface area contributed by atoms with Crippen LogP contribution in [0.25, 0.3) is 10.7 Å². The first-order chi connectivity index (χ1) is 7.65. The highest BCUT2D eigenvalue weighted by molar-refractivity contribution is 9.11. The molecule has 0 aliphatic carbocycles. The van der Waals surface area contributed by atoms with E-state index in [2.05, 4.69) is 25.9 Å². The van der Waals surface area contributed by atoms with Crippen LogP contribution in [0.4, 0.5) is 0 Å². The minimum absolute atomic E-state index is 0.144. The van der Waals surface area contributed by atoms with Crippen LogP contribution in [-0.2, 0) is 6.42 Å². The Morgan fingerprint density at radius 2 is 2.06 bits per heavy atom. The van der Waals surface area contributed by atoms with Crippen LogP contribution < -0.4 is 5.73 Å². The second-order valence-corrected chi connectivity index (χ2v) is 6.16. The molecule has 0 saturated heterocycles. The lowest BCUT2D eigenvalue weighted by Gasteiger charge is -2.04. The fraction of sp³-hybridized carbons (Fsp3) is 0.273. The molecule has 0 aromatic carbocycles. The molecule has 0 spiro atoms. The van der Waals surface area contributed by atoms with Crippen LogP contribution in [-0.4, -0.2) is 16.0 Å². The third kappa shape index (κ3) is 2.87. The summed E-state index contributed by atoms with van der Waals surface area (Å²) >= 11 is 5.05. The van der Waals surface area contributed by atoms with Crippen molar-refractivity contribution in [3.63, 3.8) is 0 Å². The molecule has 3 nitrogen and oxygen atoms in total. The lowest BCUT2D eigenvalue weighted by molar-refractivity contribution is 0.732. The minimum atomic E-state index is 0.144. The maximum atomic E-state index is 5.72. The van der Waals surface area contributed by atoms with E-state index in [1.54, 1.807) is 11.3 Å². The van der Waals surface area contributed by atoms with Crippen LogP contribution in [0.1, 0.15) is 12.5 Å². The van der Waals surface area contributed by atoms with E-state index in [1.165, 1.54) is 0 Å². The molecule has 2 heterocycles. The number of halogens is 1. The third-order valence-electron chi connectivity index (χ3n) is 2.06. The van der Waals surface area contributed by atoms with Crippen molar-refractivity contribution in [2.24, 2.45) is 5.73 Å². The quantitative estimate of drug-likeness (QED) is 0.948. The molecule has 0 aliphatic rings. The number of hydrogen-bond donors (Lipinski definition) is 1. The first-order valence-electron chi connectivity index (χ1n) is 4.97. The van der Waals surface area contributed by atoms with Crippen molar-refractivity contribution in [2.75, 3.05) is 0 Å². The van der Waals surface area contributed by atoms with Crippen molar-refractivity contribution in [1.29, 1.82) is 0 Å². The number of nitrogens with zero attached hydrogens (tertiary/aromatic N) is 2. The Balaban J connectivity index is 2.19. The number of hydrogen-bond acceptors (Lipinski definition) is 4. The van der Waals surface area contributed by atoms with Gasteiger partial charge in [-0.05, 0) is 47.0 Å². The average Bonchev–Trinajstić information content (AvgIpc) is 2.65. The molecule has 84 valence electrons. The predicted octanol–water partition coefficient (Wildman–Crippen LogP) is 2.86. The summed E-state index contributed by atoms with van der Waals surface area (Å²) in [6, 6.07) is 4.15. The maximum absolute atomic E-state index is 5.72. The Labute approximate surface area is 107 Å². The molecule has 0 amide bonds. The first-order valence-corrected chi connectivity index (χ1v) is 6.58. The molecule has 0 radical (unpaired) electrons. The van der Waals surface area contributed by atoms with Gasteiger partial charge in [-0.1, -0.05) is 0 Å². The van der Waals surface area contributed by atoms with Crippen LogP contribution in [0.5, 0.6) is 0 Å². The van der Waals surface area contributed by atoms with Crippen molar-refractivity contribution >= 4 is 27.3 Å². The summed E-state index contributed by atoms with van der Waals surface area (Å²) in [5, 5.41) is 0. The second-order valence-electron chi connectivity index (χ2n) is 3.70. The number of aromatic nitrogens is 2. The topological polar surface area (TPSA) is 51.8 Å². The Kier molecular flexibility index (Phi) is 3.68. The molecule has 2 rings (SSSR count). The summed E-state index contributed by atoms with van der Waals surface area (Å²) in [7, 11) is 0. The third-order valence-corrected chi connectivity index (χ3v) is 3.68. The summed E-state index contributed by atoms with van der Waals surface area (Å²) in [5.74, 6) is 0.768. The molecular weight excluding hydrogens is 286 g/mol. The fourth-order valence-corrected chi connectivity index (χ4v) is 2.73. The number of thiophene rings is 1. The zero-order valence-corrected chi connectivity index (χ0v) is 11.3. The van der Waals surface area contributed by atoms with E-state index in [-0.39, 0.29) is 6.04 Å². The average molecular weight is 298 g/mol.